The van der Waals surface area contributed by atoms with Gasteiger partial charge in [0.1, 0.15) is 0 Å². The molecule has 2 heteroatoms. The molecule has 0 aromatic heterocycles. The first-order valence-corrected chi connectivity index (χ1v) is 9.25. The second-order valence-corrected chi connectivity index (χ2v) is 7.84. The van der Waals surface area contributed by atoms with E-state index in [1.807, 2.05) is 0 Å². The van der Waals surface area contributed by atoms with E-state index in [4.69, 9.17) is 0 Å². The lowest BCUT2D eigenvalue weighted by Gasteiger charge is -2.43. The normalized spacial score (nSPS) is 26.7. The molecule has 3 rings (SSSR count). The van der Waals surface area contributed by atoms with Gasteiger partial charge in [-0.1, -0.05) is 32.6 Å². The third-order valence-electron chi connectivity index (χ3n) is 6.00. The smallest absolute Gasteiger partial charge is 0.00684 e. The van der Waals surface area contributed by atoms with Crippen LogP contribution in [0.2, 0.25) is 0 Å². The van der Waals surface area contributed by atoms with Gasteiger partial charge in [-0.2, -0.15) is 0 Å². The van der Waals surface area contributed by atoms with E-state index in [2.05, 4.69) is 17.1 Å². The first kappa shape index (κ1) is 14.8. The van der Waals surface area contributed by atoms with Crippen molar-refractivity contribution < 1.29 is 0 Å². The molecule has 116 valence electrons. The molecule has 3 aliphatic carbocycles. The molecule has 3 fully saturated rings. The lowest BCUT2D eigenvalue weighted by molar-refractivity contribution is 0.0826. The summed E-state index contributed by atoms with van der Waals surface area (Å²) in [4.78, 5) is 2.78. The first-order valence-electron chi connectivity index (χ1n) is 9.25. The number of hydrogen-bond acceptors (Lipinski definition) is 2. The number of rotatable bonds is 8. The molecular weight excluding hydrogens is 244 g/mol. The van der Waals surface area contributed by atoms with Gasteiger partial charge in [0.05, 0.1) is 0 Å². The standard InChI is InChI=1S/C18H34N2/c1-2-20(13-16-7-6-8-16)15-18(11-4-3-5-12-18)14-19-17-9-10-17/h16-17,19H,2-15H2,1H3. The van der Waals surface area contributed by atoms with Crippen LogP contribution < -0.4 is 5.32 Å². The third kappa shape index (κ3) is 3.98. The molecule has 0 aromatic rings. The minimum atomic E-state index is 0.598. The van der Waals surface area contributed by atoms with Crippen molar-refractivity contribution in [3.05, 3.63) is 0 Å². The number of nitrogens with one attached hydrogen (secondary N) is 1. The molecule has 0 amide bonds. The monoisotopic (exact) mass is 278 g/mol. The molecule has 3 saturated carbocycles. The van der Waals surface area contributed by atoms with Crippen LogP contribution in [0.15, 0.2) is 0 Å². The zero-order valence-corrected chi connectivity index (χ0v) is 13.5. The zero-order valence-electron chi connectivity index (χ0n) is 13.5. The van der Waals surface area contributed by atoms with E-state index < -0.39 is 0 Å². The summed E-state index contributed by atoms with van der Waals surface area (Å²) in [6, 6.07) is 0.871. The SMILES string of the molecule is CCN(CC1CCC1)CC1(CNC2CC2)CCCCC1. The van der Waals surface area contributed by atoms with Crippen LogP contribution >= 0.6 is 0 Å². The molecule has 0 radical (unpaired) electrons. The molecule has 1 N–H and O–H groups in total. The maximum absolute atomic E-state index is 3.85. The Morgan fingerprint density at radius 2 is 1.75 bits per heavy atom. The van der Waals surface area contributed by atoms with Crippen LogP contribution in [0.5, 0.6) is 0 Å². The Morgan fingerprint density at radius 3 is 2.30 bits per heavy atom. The highest BCUT2D eigenvalue weighted by Gasteiger charge is 2.36. The highest BCUT2D eigenvalue weighted by Crippen LogP contribution is 2.38. The Bertz CT molecular complexity index is 288. The molecule has 0 saturated heterocycles. The van der Waals surface area contributed by atoms with Crippen LogP contribution in [0.3, 0.4) is 0 Å². The van der Waals surface area contributed by atoms with E-state index in [1.54, 1.807) is 0 Å². The van der Waals surface area contributed by atoms with Gasteiger partial charge in [-0.25, -0.2) is 0 Å². The quantitative estimate of drug-likeness (QED) is 0.726. The minimum absolute atomic E-state index is 0.598. The summed E-state index contributed by atoms with van der Waals surface area (Å²) in [7, 11) is 0. The summed E-state index contributed by atoms with van der Waals surface area (Å²) in [5, 5.41) is 3.85. The fourth-order valence-corrected chi connectivity index (χ4v) is 4.16. The van der Waals surface area contributed by atoms with Gasteiger partial charge in [0.2, 0.25) is 0 Å². The Hall–Kier alpha value is -0.0800. The van der Waals surface area contributed by atoms with E-state index in [9.17, 15) is 0 Å². The van der Waals surface area contributed by atoms with Crippen molar-refractivity contribution in [1.82, 2.24) is 10.2 Å². The van der Waals surface area contributed by atoms with Crippen molar-refractivity contribution in [2.75, 3.05) is 26.2 Å². The Balaban J connectivity index is 1.54. The Kier molecular flexibility index (Phi) is 5.04. The van der Waals surface area contributed by atoms with Crippen molar-refractivity contribution in [1.29, 1.82) is 0 Å². The van der Waals surface area contributed by atoms with Crippen LogP contribution in [-0.2, 0) is 0 Å². The zero-order chi connectivity index (χ0) is 13.8. The summed E-state index contributed by atoms with van der Waals surface area (Å²) < 4.78 is 0. The topological polar surface area (TPSA) is 15.3 Å². The van der Waals surface area contributed by atoms with Crippen LogP contribution in [0.4, 0.5) is 0 Å². The summed E-state index contributed by atoms with van der Waals surface area (Å²) in [6.07, 6.45) is 14.7. The molecule has 0 heterocycles. The van der Waals surface area contributed by atoms with E-state index in [0.717, 1.165) is 12.0 Å². The van der Waals surface area contributed by atoms with E-state index >= 15 is 0 Å². The summed E-state index contributed by atoms with van der Waals surface area (Å²) >= 11 is 0. The van der Waals surface area contributed by atoms with E-state index in [0.29, 0.717) is 5.41 Å². The second kappa shape index (κ2) is 6.79. The molecule has 20 heavy (non-hydrogen) atoms. The van der Waals surface area contributed by atoms with Crippen molar-refractivity contribution in [3.63, 3.8) is 0 Å². The van der Waals surface area contributed by atoms with Crippen LogP contribution in [0.25, 0.3) is 0 Å². The molecule has 0 bridgehead atoms. The van der Waals surface area contributed by atoms with Gasteiger partial charge in [0.15, 0.2) is 0 Å². The summed E-state index contributed by atoms with van der Waals surface area (Å²) in [5.41, 5.74) is 0.598. The van der Waals surface area contributed by atoms with E-state index in [-0.39, 0.29) is 0 Å². The lowest BCUT2D eigenvalue weighted by atomic mass is 9.73. The summed E-state index contributed by atoms with van der Waals surface area (Å²) in [6.45, 7) is 7.64. The second-order valence-electron chi connectivity index (χ2n) is 7.84. The highest BCUT2D eigenvalue weighted by molar-refractivity contribution is 4.92. The number of nitrogens with zero attached hydrogens (tertiary/aromatic N) is 1. The highest BCUT2D eigenvalue weighted by atomic mass is 15.1. The van der Waals surface area contributed by atoms with Crippen LogP contribution in [0, 0.1) is 11.3 Å². The van der Waals surface area contributed by atoms with Gasteiger partial charge in [-0.05, 0) is 56.4 Å². The van der Waals surface area contributed by atoms with Gasteiger partial charge in [-0.15, -0.1) is 0 Å². The van der Waals surface area contributed by atoms with Crippen molar-refractivity contribution >= 4 is 0 Å². The molecule has 3 aliphatic rings. The fraction of sp³-hybridized carbons (Fsp3) is 1.00. The van der Waals surface area contributed by atoms with Gasteiger partial charge in [0, 0.05) is 25.7 Å². The average molecular weight is 278 g/mol. The maximum Gasteiger partial charge on any atom is 0.00684 e. The van der Waals surface area contributed by atoms with E-state index in [1.165, 1.54) is 90.4 Å². The molecular formula is C18H34N2. The first-order chi connectivity index (χ1) is 9.80. The number of hydrogen-bond donors (Lipinski definition) is 1. The largest absolute Gasteiger partial charge is 0.313 e. The molecule has 0 aromatic carbocycles. The fourth-order valence-electron chi connectivity index (χ4n) is 4.16. The molecule has 0 aliphatic heterocycles. The average Bonchev–Trinajstić information content (AvgIpc) is 3.25. The molecule has 0 atom stereocenters. The van der Waals surface area contributed by atoms with Gasteiger partial charge >= 0.3 is 0 Å². The van der Waals surface area contributed by atoms with Crippen molar-refractivity contribution in [3.8, 4) is 0 Å². The lowest BCUT2D eigenvalue weighted by Crippen LogP contribution is -2.47. The predicted octanol–water partition coefficient (Wildman–Crippen LogP) is 3.81. The predicted molar refractivity (Wildman–Crippen MR) is 86.0 cm³/mol. The van der Waals surface area contributed by atoms with Gasteiger partial charge < -0.3 is 10.2 Å². The molecule has 2 nitrogen and oxygen atoms in total. The van der Waals surface area contributed by atoms with Gasteiger partial charge in [-0.3, -0.25) is 0 Å². The van der Waals surface area contributed by atoms with Crippen molar-refractivity contribution in [2.45, 2.75) is 77.2 Å². The van der Waals surface area contributed by atoms with Gasteiger partial charge in [0.25, 0.3) is 0 Å². The van der Waals surface area contributed by atoms with Crippen LogP contribution in [-0.4, -0.2) is 37.1 Å². The minimum Gasteiger partial charge on any atom is -0.313 e. The summed E-state index contributed by atoms with van der Waals surface area (Å²) in [5.74, 6) is 1.02. The van der Waals surface area contributed by atoms with Crippen molar-refractivity contribution in [2.24, 2.45) is 11.3 Å². The van der Waals surface area contributed by atoms with Crippen LogP contribution in [0.1, 0.15) is 71.1 Å². The Labute approximate surface area is 125 Å². The molecule has 0 spiro atoms. The maximum atomic E-state index is 3.85. The molecule has 0 unspecified atom stereocenters. The third-order valence-corrected chi connectivity index (χ3v) is 6.00. The Morgan fingerprint density at radius 1 is 1.00 bits per heavy atom.